The molecule has 0 aromatic heterocycles. The van der Waals surface area contributed by atoms with Crippen LogP contribution in [0.3, 0.4) is 0 Å². The van der Waals surface area contributed by atoms with Crippen molar-refractivity contribution in [2.75, 3.05) is 5.32 Å². The predicted molar refractivity (Wildman–Crippen MR) is 65.2 cm³/mol. The third kappa shape index (κ3) is 1.95. The second kappa shape index (κ2) is 4.24. The molecular formula is C13H16FNO3. The van der Waals surface area contributed by atoms with Crippen molar-refractivity contribution in [1.82, 2.24) is 0 Å². The van der Waals surface area contributed by atoms with Gasteiger partial charge in [0.05, 0.1) is 11.8 Å². The topological polar surface area (TPSA) is 69.6 Å². The number of aliphatic hydroxyl groups is 1. The number of aromatic carboxylic acids is 1. The lowest BCUT2D eigenvalue weighted by Gasteiger charge is -2.50. The molecule has 0 heterocycles. The summed E-state index contributed by atoms with van der Waals surface area (Å²) in [6, 6.07) is 4.06. The first-order valence-electron chi connectivity index (χ1n) is 5.80. The first-order chi connectivity index (χ1) is 8.34. The molecule has 4 nitrogen and oxygen atoms in total. The third-order valence-corrected chi connectivity index (χ3v) is 3.77. The maximum absolute atomic E-state index is 13.5. The van der Waals surface area contributed by atoms with Crippen LogP contribution in [0.5, 0.6) is 0 Å². The number of benzene rings is 1. The van der Waals surface area contributed by atoms with Crippen molar-refractivity contribution in [3.05, 3.63) is 29.6 Å². The Morgan fingerprint density at radius 3 is 2.67 bits per heavy atom. The zero-order valence-corrected chi connectivity index (χ0v) is 10.3. The van der Waals surface area contributed by atoms with Crippen molar-refractivity contribution >= 4 is 11.7 Å². The zero-order chi connectivity index (χ0) is 13.5. The Labute approximate surface area is 104 Å². The molecule has 18 heavy (non-hydrogen) atoms. The predicted octanol–water partition coefficient (Wildman–Crippen LogP) is 2.10. The van der Waals surface area contributed by atoms with E-state index in [1.807, 2.05) is 13.8 Å². The fourth-order valence-electron chi connectivity index (χ4n) is 2.20. The van der Waals surface area contributed by atoms with Crippen LogP contribution in [-0.2, 0) is 0 Å². The van der Waals surface area contributed by atoms with E-state index in [2.05, 4.69) is 5.32 Å². The molecular weight excluding hydrogens is 237 g/mol. The van der Waals surface area contributed by atoms with Gasteiger partial charge in [0.15, 0.2) is 0 Å². The number of carboxylic acids is 1. The number of carboxylic acid groups (broad SMARTS) is 1. The van der Waals surface area contributed by atoms with Gasteiger partial charge in [0, 0.05) is 11.5 Å². The molecule has 3 N–H and O–H groups in total. The molecule has 0 spiro atoms. The standard InChI is InChI=1S/C13H16FNO3/c1-13(2)9(6-10(13)16)15-8-5-3-4-7(14)11(8)12(17)18/h3-5,9-10,15-16H,6H2,1-2H3,(H,17,18). The lowest BCUT2D eigenvalue weighted by atomic mass is 9.64. The number of rotatable bonds is 3. The van der Waals surface area contributed by atoms with Crippen molar-refractivity contribution in [2.45, 2.75) is 32.4 Å². The van der Waals surface area contributed by atoms with Gasteiger partial charge in [-0.2, -0.15) is 0 Å². The molecule has 1 aromatic carbocycles. The lowest BCUT2D eigenvalue weighted by Crippen LogP contribution is -2.57. The first-order valence-corrected chi connectivity index (χ1v) is 5.80. The summed E-state index contributed by atoms with van der Waals surface area (Å²) >= 11 is 0. The van der Waals surface area contributed by atoms with Crippen LogP contribution in [0, 0.1) is 11.2 Å². The maximum atomic E-state index is 13.5. The van der Waals surface area contributed by atoms with Crippen molar-refractivity contribution in [3.63, 3.8) is 0 Å². The van der Waals surface area contributed by atoms with Crippen LogP contribution in [0.15, 0.2) is 18.2 Å². The van der Waals surface area contributed by atoms with Crippen molar-refractivity contribution in [2.24, 2.45) is 5.41 Å². The monoisotopic (exact) mass is 253 g/mol. The van der Waals surface area contributed by atoms with E-state index in [0.29, 0.717) is 6.42 Å². The summed E-state index contributed by atoms with van der Waals surface area (Å²) in [5.41, 5.74) is -0.440. The highest BCUT2D eigenvalue weighted by atomic mass is 19.1. The van der Waals surface area contributed by atoms with Crippen LogP contribution in [0.4, 0.5) is 10.1 Å². The van der Waals surface area contributed by atoms with Crippen LogP contribution in [0.2, 0.25) is 0 Å². The Morgan fingerprint density at radius 2 is 2.17 bits per heavy atom. The van der Waals surface area contributed by atoms with E-state index >= 15 is 0 Å². The number of anilines is 1. The highest BCUT2D eigenvalue weighted by molar-refractivity contribution is 5.94. The molecule has 0 saturated heterocycles. The summed E-state index contributed by atoms with van der Waals surface area (Å²) in [5, 5.41) is 21.6. The molecule has 2 rings (SSSR count). The SMILES string of the molecule is CC1(C)C(O)CC1Nc1cccc(F)c1C(=O)O. The number of halogens is 1. The van der Waals surface area contributed by atoms with E-state index in [1.165, 1.54) is 12.1 Å². The van der Waals surface area contributed by atoms with E-state index in [4.69, 9.17) is 5.11 Å². The summed E-state index contributed by atoms with van der Waals surface area (Å²) in [6.45, 7) is 3.77. The molecule has 1 aliphatic carbocycles. The summed E-state index contributed by atoms with van der Waals surface area (Å²) in [5.74, 6) is -2.06. The van der Waals surface area contributed by atoms with Gasteiger partial charge in [0.25, 0.3) is 0 Å². The molecule has 1 aromatic rings. The van der Waals surface area contributed by atoms with Gasteiger partial charge in [-0.15, -0.1) is 0 Å². The number of nitrogens with one attached hydrogen (secondary N) is 1. The van der Waals surface area contributed by atoms with Crippen LogP contribution in [0.1, 0.15) is 30.6 Å². The molecule has 0 aliphatic heterocycles. The Hall–Kier alpha value is -1.62. The summed E-state index contributed by atoms with van der Waals surface area (Å²) in [6.07, 6.45) is 0.111. The summed E-state index contributed by atoms with van der Waals surface area (Å²) < 4.78 is 13.5. The van der Waals surface area contributed by atoms with Crippen LogP contribution >= 0.6 is 0 Å². The van der Waals surface area contributed by atoms with E-state index < -0.39 is 17.9 Å². The molecule has 1 saturated carbocycles. The van der Waals surface area contributed by atoms with Crippen LogP contribution in [-0.4, -0.2) is 28.3 Å². The van der Waals surface area contributed by atoms with Gasteiger partial charge in [-0.3, -0.25) is 0 Å². The Morgan fingerprint density at radius 1 is 1.50 bits per heavy atom. The zero-order valence-electron chi connectivity index (χ0n) is 10.3. The van der Waals surface area contributed by atoms with E-state index in [0.717, 1.165) is 6.07 Å². The number of hydrogen-bond acceptors (Lipinski definition) is 3. The molecule has 1 fully saturated rings. The fraction of sp³-hybridized carbons (Fsp3) is 0.462. The minimum Gasteiger partial charge on any atom is -0.478 e. The lowest BCUT2D eigenvalue weighted by molar-refractivity contribution is -0.0510. The largest absolute Gasteiger partial charge is 0.478 e. The molecule has 5 heteroatoms. The second-order valence-electron chi connectivity index (χ2n) is 5.24. The van der Waals surface area contributed by atoms with E-state index in [-0.39, 0.29) is 22.7 Å². The van der Waals surface area contributed by atoms with Gasteiger partial charge in [-0.25, -0.2) is 9.18 Å². The van der Waals surface area contributed by atoms with Gasteiger partial charge < -0.3 is 15.5 Å². The van der Waals surface area contributed by atoms with Gasteiger partial charge >= 0.3 is 5.97 Å². The van der Waals surface area contributed by atoms with Crippen molar-refractivity contribution in [1.29, 1.82) is 0 Å². The highest BCUT2D eigenvalue weighted by Crippen LogP contribution is 2.42. The van der Waals surface area contributed by atoms with Gasteiger partial charge in [0.1, 0.15) is 11.4 Å². The Bertz CT molecular complexity index is 487. The van der Waals surface area contributed by atoms with Crippen LogP contribution in [0.25, 0.3) is 0 Å². The van der Waals surface area contributed by atoms with Crippen LogP contribution < -0.4 is 5.32 Å². The Kier molecular flexibility index (Phi) is 3.02. The molecule has 0 bridgehead atoms. The molecule has 2 unspecified atom stereocenters. The molecule has 98 valence electrons. The molecule has 1 aliphatic rings. The van der Waals surface area contributed by atoms with E-state index in [9.17, 15) is 14.3 Å². The number of aliphatic hydroxyl groups excluding tert-OH is 1. The van der Waals surface area contributed by atoms with E-state index in [1.54, 1.807) is 0 Å². The van der Waals surface area contributed by atoms with Crippen molar-refractivity contribution in [3.8, 4) is 0 Å². The van der Waals surface area contributed by atoms with Gasteiger partial charge in [0.2, 0.25) is 0 Å². The Balaban J connectivity index is 2.26. The quantitative estimate of drug-likeness (QED) is 0.771. The summed E-state index contributed by atoms with van der Waals surface area (Å²) in [4.78, 5) is 11.0. The fourth-order valence-corrected chi connectivity index (χ4v) is 2.20. The molecule has 2 atom stereocenters. The molecule has 0 amide bonds. The normalized spacial score (nSPS) is 25.3. The average Bonchev–Trinajstić information content (AvgIpc) is 2.28. The van der Waals surface area contributed by atoms with Crippen molar-refractivity contribution < 1.29 is 19.4 Å². The summed E-state index contributed by atoms with van der Waals surface area (Å²) in [7, 11) is 0. The molecule has 0 radical (unpaired) electrons. The third-order valence-electron chi connectivity index (χ3n) is 3.77. The van der Waals surface area contributed by atoms with Gasteiger partial charge in [-0.1, -0.05) is 19.9 Å². The highest BCUT2D eigenvalue weighted by Gasteiger charge is 2.47. The second-order valence-corrected chi connectivity index (χ2v) is 5.24. The number of hydrogen-bond donors (Lipinski definition) is 3. The maximum Gasteiger partial charge on any atom is 0.340 e. The minimum absolute atomic E-state index is 0.0626. The number of carbonyl (C=O) groups is 1. The minimum atomic E-state index is -1.30. The first kappa shape index (κ1) is 12.8. The van der Waals surface area contributed by atoms with Gasteiger partial charge in [-0.05, 0) is 18.6 Å². The smallest absolute Gasteiger partial charge is 0.340 e. The average molecular weight is 253 g/mol.